The highest BCUT2D eigenvalue weighted by Gasteiger charge is 2.24. The third kappa shape index (κ3) is 3.35. The first-order valence-corrected chi connectivity index (χ1v) is 7.15. The molecule has 1 fully saturated rings. The second kappa shape index (κ2) is 6.20. The Morgan fingerprint density at radius 1 is 1.47 bits per heavy atom. The number of carbonyl (C=O) groups is 1. The molecule has 3 nitrogen and oxygen atoms in total. The van der Waals surface area contributed by atoms with Gasteiger partial charge in [0.25, 0.3) is 0 Å². The van der Waals surface area contributed by atoms with Crippen LogP contribution < -0.4 is 5.32 Å². The van der Waals surface area contributed by atoms with Crippen molar-refractivity contribution in [3.8, 4) is 0 Å². The third-order valence-electron chi connectivity index (χ3n) is 4.02. The molecule has 2 rings (SSSR count). The summed E-state index contributed by atoms with van der Waals surface area (Å²) in [4.78, 5) is 14.4. The summed E-state index contributed by atoms with van der Waals surface area (Å²) in [5.41, 5.74) is 2.56. The molecule has 1 heterocycles. The minimum Gasteiger partial charge on any atom is -0.337 e. The van der Waals surface area contributed by atoms with E-state index in [-0.39, 0.29) is 11.8 Å². The van der Waals surface area contributed by atoms with E-state index in [0.29, 0.717) is 12.5 Å². The normalized spacial score (nSPS) is 21.2. The fourth-order valence-corrected chi connectivity index (χ4v) is 2.84. The lowest BCUT2D eigenvalue weighted by Gasteiger charge is -2.34. The monoisotopic (exact) mass is 260 g/mol. The van der Waals surface area contributed by atoms with E-state index in [1.165, 1.54) is 11.1 Å². The number of hydrogen-bond donors (Lipinski definition) is 1. The lowest BCUT2D eigenvalue weighted by atomic mass is 9.93. The van der Waals surface area contributed by atoms with E-state index in [2.05, 4.69) is 44.3 Å². The molecule has 1 aromatic carbocycles. The number of amides is 1. The molecule has 1 amide bonds. The number of carbonyl (C=O) groups excluding carboxylic acids is 1. The first-order valence-electron chi connectivity index (χ1n) is 7.15. The van der Waals surface area contributed by atoms with E-state index < -0.39 is 0 Å². The maximum Gasteiger partial charge on any atom is 0.223 e. The van der Waals surface area contributed by atoms with Gasteiger partial charge in [-0.1, -0.05) is 31.2 Å². The second-order valence-electron chi connectivity index (χ2n) is 5.60. The molecule has 104 valence electrons. The van der Waals surface area contributed by atoms with Crippen LogP contribution in [0.25, 0.3) is 0 Å². The molecular formula is C16H24N2O. The van der Waals surface area contributed by atoms with Crippen LogP contribution in [-0.4, -0.2) is 36.5 Å². The summed E-state index contributed by atoms with van der Waals surface area (Å²) in [5, 5.41) is 3.32. The predicted molar refractivity (Wildman–Crippen MR) is 78.3 cm³/mol. The molecule has 0 radical (unpaired) electrons. The van der Waals surface area contributed by atoms with E-state index in [1.54, 1.807) is 0 Å². The minimum atomic E-state index is 0.282. The molecule has 1 N–H and O–H groups in total. The highest BCUT2D eigenvalue weighted by molar-refractivity contribution is 5.77. The van der Waals surface area contributed by atoms with E-state index in [1.807, 2.05) is 11.0 Å². The van der Waals surface area contributed by atoms with Gasteiger partial charge in [-0.2, -0.15) is 0 Å². The Morgan fingerprint density at radius 2 is 2.21 bits per heavy atom. The number of piperazine rings is 1. The predicted octanol–water partition coefficient (Wildman–Crippen LogP) is 2.31. The van der Waals surface area contributed by atoms with Crippen molar-refractivity contribution in [3.05, 3.63) is 35.4 Å². The van der Waals surface area contributed by atoms with E-state index in [0.717, 1.165) is 19.6 Å². The minimum absolute atomic E-state index is 0.282. The molecule has 2 atom stereocenters. The molecule has 0 bridgehead atoms. The Hall–Kier alpha value is -1.35. The Morgan fingerprint density at radius 3 is 2.89 bits per heavy atom. The maximum absolute atomic E-state index is 12.4. The van der Waals surface area contributed by atoms with Crippen molar-refractivity contribution in [3.63, 3.8) is 0 Å². The van der Waals surface area contributed by atoms with Gasteiger partial charge in [0.1, 0.15) is 0 Å². The molecule has 1 aliphatic heterocycles. The molecule has 1 saturated heterocycles. The summed E-state index contributed by atoms with van der Waals surface area (Å²) in [7, 11) is 0. The van der Waals surface area contributed by atoms with Crippen LogP contribution in [0, 0.1) is 6.92 Å². The number of nitrogens with one attached hydrogen (secondary N) is 1. The third-order valence-corrected chi connectivity index (χ3v) is 4.02. The Bertz CT molecular complexity index is 444. The average molecular weight is 260 g/mol. The van der Waals surface area contributed by atoms with Gasteiger partial charge in [0.15, 0.2) is 0 Å². The lowest BCUT2D eigenvalue weighted by molar-refractivity contribution is -0.134. The van der Waals surface area contributed by atoms with E-state index in [9.17, 15) is 4.79 Å². The van der Waals surface area contributed by atoms with E-state index >= 15 is 0 Å². The van der Waals surface area contributed by atoms with E-state index in [4.69, 9.17) is 0 Å². The van der Waals surface area contributed by atoms with Crippen LogP contribution in [0.1, 0.15) is 37.3 Å². The SMILES string of the molecule is Cc1ccccc1[C@@H](C)CC(=O)N1CCNC[C@H]1C. The molecular weight excluding hydrogens is 236 g/mol. The fraction of sp³-hybridized carbons (Fsp3) is 0.562. The highest BCUT2D eigenvalue weighted by Crippen LogP contribution is 2.23. The number of benzene rings is 1. The van der Waals surface area contributed by atoms with Crippen molar-refractivity contribution >= 4 is 5.91 Å². The van der Waals surface area contributed by atoms with Crippen LogP contribution in [0.3, 0.4) is 0 Å². The molecule has 0 spiro atoms. The molecule has 0 saturated carbocycles. The zero-order valence-electron chi connectivity index (χ0n) is 12.1. The summed E-state index contributed by atoms with van der Waals surface area (Å²) in [5.74, 6) is 0.570. The molecule has 1 aliphatic rings. The smallest absolute Gasteiger partial charge is 0.223 e. The van der Waals surface area contributed by atoms with Crippen LogP contribution in [-0.2, 0) is 4.79 Å². The van der Waals surface area contributed by atoms with Gasteiger partial charge in [-0.25, -0.2) is 0 Å². The first kappa shape index (κ1) is 14.1. The van der Waals surface area contributed by atoms with Crippen molar-refractivity contribution in [2.24, 2.45) is 0 Å². The number of nitrogens with zero attached hydrogens (tertiary/aromatic N) is 1. The largest absolute Gasteiger partial charge is 0.337 e. The van der Waals surface area contributed by atoms with Gasteiger partial charge in [0, 0.05) is 32.1 Å². The zero-order chi connectivity index (χ0) is 13.8. The van der Waals surface area contributed by atoms with Crippen LogP contribution in [0.4, 0.5) is 0 Å². The summed E-state index contributed by atoms with van der Waals surface area (Å²) in [6.07, 6.45) is 0.606. The van der Waals surface area contributed by atoms with Gasteiger partial charge in [-0.15, -0.1) is 0 Å². The number of rotatable bonds is 3. The Kier molecular flexibility index (Phi) is 4.59. The van der Waals surface area contributed by atoms with Gasteiger partial charge >= 0.3 is 0 Å². The molecule has 0 aromatic heterocycles. The summed E-state index contributed by atoms with van der Waals surface area (Å²) in [6, 6.07) is 8.66. The van der Waals surface area contributed by atoms with Crippen molar-refractivity contribution in [1.29, 1.82) is 0 Å². The van der Waals surface area contributed by atoms with Crippen LogP contribution in [0.15, 0.2) is 24.3 Å². The number of hydrogen-bond acceptors (Lipinski definition) is 2. The quantitative estimate of drug-likeness (QED) is 0.904. The summed E-state index contributed by atoms with van der Waals surface area (Å²) in [6.45, 7) is 9.03. The van der Waals surface area contributed by atoms with Crippen molar-refractivity contribution in [2.45, 2.75) is 39.2 Å². The van der Waals surface area contributed by atoms with Gasteiger partial charge in [-0.05, 0) is 30.9 Å². The molecule has 0 aliphatic carbocycles. The summed E-state index contributed by atoms with van der Waals surface area (Å²) < 4.78 is 0. The lowest BCUT2D eigenvalue weighted by Crippen LogP contribution is -2.52. The topological polar surface area (TPSA) is 32.3 Å². The molecule has 19 heavy (non-hydrogen) atoms. The standard InChI is InChI=1S/C16H24N2O/c1-12-6-4-5-7-15(12)13(2)10-16(19)18-9-8-17-11-14(18)3/h4-7,13-14,17H,8-11H2,1-3H3/t13-,14+/m0/s1. The van der Waals surface area contributed by atoms with Crippen LogP contribution in [0.2, 0.25) is 0 Å². The van der Waals surface area contributed by atoms with Crippen LogP contribution in [0.5, 0.6) is 0 Å². The molecule has 1 aromatic rings. The van der Waals surface area contributed by atoms with Crippen molar-refractivity contribution in [2.75, 3.05) is 19.6 Å². The second-order valence-corrected chi connectivity index (χ2v) is 5.60. The Labute approximate surface area is 116 Å². The van der Waals surface area contributed by atoms with Crippen molar-refractivity contribution < 1.29 is 4.79 Å². The van der Waals surface area contributed by atoms with Gasteiger partial charge in [0.2, 0.25) is 5.91 Å². The number of aryl methyl sites for hydroxylation is 1. The maximum atomic E-state index is 12.4. The summed E-state index contributed by atoms with van der Waals surface area (Å²) >= 11 is 0. The zero-order valence-corrected chi connectivity index (χ0v) is 12.1. The van der Waals surface area contributed by atoms with Crippen LogP contribution >= 0.6 is 0 Å². The van der Waals surface area contributed by atoms with Crippen molar-refractivity contribution in [1.82, 2.24) is 10.2 Å². The average Bonchev–Trinajstić information content (AvgIpc) is 2.39. The Balaban J connectivity index is 2.00. The highest BCUT2D eigenvalue weighted by atomic mass is 16.2. The molecule has 3 heteroatoms. The van der Waals surface area contributed by atoms with Gasteiger partial charge in [0.05, 0.1) is 0 Å². The fourth-order valence-electron chi connectivity index (χ4n) is 2.84. The first-order chi connectivity index (χ1) is 9.09. The van der Waals surface area contributed by atoms with Gasteiger partial charge < -0.3 is 10.2 Å². The van der Waals surface area contributed by atoms with Gasteiger partial charge in [-0.3, -0.25) is 4.79 Å². The molecule has 0 unspecified atom stereocenters.